The fourth-order valence-electron chi connectivity index (χ4n) is 3.71. The molecule has 4 rings (SSSR count). The first-order valence-corrected chi connectivity index (χ1v) is 11.2. The van der Waals surface area contributed by atoms with Gasteiger partial charge in [-0.2, -0.15) is 4.31 Å². The van der Waals surface area contributed by atoms with Crippen molar-refractivity contribution in [1.29, 1.82) is 0 Å². The van der Waals surface area contributed by atoms with E-state index in [2.05, 4.69) is 19.8 Å². The van der Waals surface area contributed by atoms with Gasteiger partial charge >= 0.3 is 0 Å². The van der Waals surface area contributed by atoms with Crippen LogP contribution in [0.5, 0.6) is 0 Å². The molecule has 2 fully saturated rings. The Hall–Kier alpha value is -2.26. The third-order valence-corrected chi connectivity index (χ3v) is 7.14. The number of anilines is 2. The first kappa shape index (κ1) is 19.1. The number of benzene rings is 1. The lowest BCUT2D eigenvalue weighted by atomic mass is 10.2. The van der Waals surface area contributed by atoms with Gasteiger partial charge in [-0.25, -0.2) is 22.8 Å². The minimum atomic E-state index is -3.43. The van der Waals surface area contributed by atoms with Crippen LogP contribution in [0, 0.1) is 5.82 Å². The molecule has 2 aliphatic rings. The van der Waals surface area contributed by atoms with Crippen LogP contribution in [0.3, 0.4) is 0 Å². The van der Waals surface area contributed by atoms with Gasteiger partial charge in [0, 0.05) is 45.3 Å². The van der Waals surface area contributed by atoms with Crippen molar-refractivity contribution in [3.63, 3.8) is 0 Å². The SMILES string of the molecule is O=S(=O)(Cc1ccc(F)cc1)N1CCN(c2cc(N3CCCC3)ncn2)CC1. The monoisotopic (exact) mass is 405 g/mol. The van der Waals surface area contributed by atoms with Gasteiger partial charge in [0.1, 0.15) is 23.8 Å². The number of nitrogens with zero attached hydrogens (tertiary/aromatic N) is 5. The molecule has 9 heteroatoms. The number of rotatable bonds is 5. The summed E-state index contributed by atoms with van der Waals surface area (Å²) in [6, 6.07) is 7.60. The van der Waals surface area contributed by atoms with E-state index in [9.17, 15) is 12.8 Å². The van der Waals surface area contributed by atoms with Crippen molar-refractivity contribution < 1.29 is 12.8 Å². The lowest BCUT2D eigenvalue weighted by Gasteiger charge is -2.35. The molecule has 0 aliphatic carbocycles. The molecule has 2 aliphatic heterocycles. The summed E-state index contributed by atoms with van der Waals surface area (Å²) in [6.07, 6.45) is 3.95. The summed E-state index contributed by atoms with van der Waals surface area (Å²) in [5, 5.41) is 0. The lowest BCUT2D eigenvalue weighted by Crippen LogP contribution is -2.49. The Morgan fingerprint density at radius 1 is 0.857 bits per heavy atom. The zero-order chi connectivity index (χ0) is 19.6. The molecule has 0 spiro atoms. The van der Waals surface area contributed by atoms with Crippen LogP contribution in [0.1, 0.15) is 18.4 Å². The number of sulfonamides is 1. The van der Waals surface area contributed by atoms with Crippen LogP contribution in [-0.2, 0) is 15.8 Å². The van der Waals surface area contributed by atoms with E-state index < -0.39 is 10.0 Å². The summed E-state index contributed by atoms with van der Waals surface area (Å²) in [5.41, 5.74) is 0.592. The molecule has 2 aromatic rings. The van der Waals surface area contributed by atoms with Crippen molar-refractivity contribution in [2.45, 2.75) is 18.6 Å². The molecule has 2 saturated heterocycles. The van der Waals surface area contributed by atoms with E-state index in [-0.39, 0.29) is 11.6 Å². The number of hydrogen-bond acceptors (Lipinski definition) is 6. The molecule has 7 nitrogen and oxygen atoms in total. The van der Waals surface area contributed by atoms with Gasteiger partial charge in [0.25, 0.3) is 0 Å². The zero-order valence-corrected chi connectivity index (χ0v) is 16.5. The maximum Gasteiger partial charge on any atom is 0.218 e. The van der Waals surface area contributed by atoms with Crippen molar-refractivity contribution >= 4 is 21.7 Å². The fourth-order valence-corrected chi connectivity index (χ4v) is 5.22. The second kappa shape index (κ2) is 8.00. The highest BCUT2D eigenvalue weighted by atomic mass is 32.2. The van der Waals surface area contributed by atoms with Crippen LogP contribution < -0.4 is 9.80 Å². The van der Waals surface area contributed by atoms with E-state index in [0.717, 1.165) is 24.7 Å². The van der Waals surface area contributed by atoms with E-state index in [1.165, 1.54) is 41.4 Å². The highest BCUT2D eigenvalue weighted by Crippen LogP contribution is 2.23. The first-order chi connectivity index (χ1) is 13.5. The molecule has 28 heavy (non-hydrogen) atoms. The Morgan fingerprint density at radius 3 is 2.04 bits per heavy atom. The number of hydrogen-bond donors (Lipinski definition) is 0. The molecule has 0 atom stereocenters. The maximum absolute atomic E-state index is 13.0. The van der Waals surface area contributed by atoms with Crippen molar-refractivity contribution in [3.05, 3.63) is 48.0 Å². The van der Waals surface area contributed by atoms with Gasteiger partial charge in [-0.05, 0) is 30.5 Å². The largest absolute Gasteiger partial charge is 0.356 e. The molecule has 0 saturated carbocycles. The number of aromatic nitrogens is 2. The van der Waals surface area contributed by atoms with Crippen molar-refractivity contribution in [1.82, 2.24) is 14.3 Å². The quantitative estimate of drug-likeness (QED) is 0.756. The summed E-state index contributed by atoms with van der Waals surface area (Å²) in [5.74, 6) is 1.30. The highest BCUT2D eigenvalue weighted by molar-refractivity contribution is 7.88. The van der Waals surface area contributed by atoms with Crippen LogP contribution in [0.25, 0.3) is 0 Å². The molecular formula is C19H24FN5O2S. The molecule has 0 bridgehead atoms. The Morgan fingerprint density at radius 2 is 1.43 bits per heavy atom. The van der Waals surface area contributed by atoms with Crippen LogP contribution in [0.15, 0.2) is 36.7 Å². The molecule has 150 valence electrons. The Bertz CT molecular complexity index is 908. The summed E-state index contributed by atoms with van der Waals surface area (Å²) in [7, 11) is -3.43. The highest BCUT2D eigenvalue weighted by Gasteiger charge is 2.28. The predicted octanol–water partition coefficient (Wildman–Crippen LogP) is 1.87. The van der Waals surface area contributed by atoms with E-state index in [0.29, 0.717) is 31.7 Å². The molecule has 0 unspecified atom stereocenters. The van der Waals surface area contributed by atoms with Gasteiger partial charge in [0.15, 0.2) is 0 Å². The minimum Gasteiger partial charge on any atom is -0.356 e. The molecule has 0 amide bonds. The minimum absolute atomic E-state index is 0.111. The van der Waals surface area contributed by atoms with Crippen LogP contribution in [-0.4, -0.2) is 62.0 Å². The van der Waals surface area contributed by atoms with Crippen LogP contribution >= 0.6 is 0 Å². The Balaban J connectivity index is 1.39. The standard InChI is InChI=1S/C19H24FN5O2S/c20-17-5-3-16(4-6-17)14-28(26,27)25-11-9-24(10-12-25)19-13-18(21-15-22-19)23-7-1-2-8-23/h3-6,13,15H,1-2,7-12,14H2. The summed E-state index contributed by atoms with van der Waals surface area (Å²) < 4.78 is 39.9. The Kier molecular flexibility index (Phi) is 5.45. The third kappa shape index (κ3) is 4.25. The van der Waals surface area contributed by atoms with Gasteiger partial charge in [0.2, 0.25) is 10.0 Å². The predicted molar refractivity (Wildman–Crippen MR) is 106 cm³/mol. The van der Waals surface area contributed by atoms with Crippen LogP contribution in [0.4, 0.5) is 16.0 Å². The van der Waals surface area contributed by atoms with E-state index >= 15 is 0 Å². The average Bonchev–Trinajstić information content (AvgIpc) is 3.25. The summed E-state index contributed by atoms with van der Waals surface area (Å²) in [4.78, 5) is 13.1. The van der Waals surface area contributed by atoms with Gasteiger partial charge in [-0.3, -0.25) is 0 Å². The lowest BCUT2D eigenvalue weighted by molar-refractivity contribution is 0.383. The van der Waals surface area contributed by atoms with Crippen molar-refractivity contribution in [2.24, 2.45) is 0 Å². The van der Waals surface area contributed by atoms with Gasteiger partial charge in [-0.1, -0.05) is 12.1 Å². The second-order valence-corrected chi connectivity index (χ2v) is 9.17. The summed E-state index contributed by atoms with van der Waals surface area (Å²) >= 11 is 0. The molecule has 1 aromatic heterocycles. The average molecular weight is 405 g/mol. The summed E-state index contributed by atoms with van der Waals surface area (Å²) in [6.45, 7) is 4.02. The Labute approximate surface area is 164 Å². The van der Waals surface area contributed by atoms with E-state index in [1.807, 2.05) is 6.07 Å². The molecular weight excluding hydrogens is 381 g/mol. The van der Waals surface area contributed by atoms with Crippen molar-refractivity contribution in [2.75, 3.05) is 49.1 Å². The second-order valence-electron chi connectivity index (χ2n) is 7.20. The van der Waals surface area contributed by atoms with Crippen molar-refractivity contribution in [3.8, 4) is 0 Å². The number of piperazine rings is 1. The number of halogens is 1. The first-order valence-electron chi connectivity index (χ1n) is 9.55. The van der Waals surface area contributed by atoms with Gasteiger partial charge in [0.05, 0.1) is 5.75 Å². The van der Waals surface area contributed by atoms with Gasteiger partial charge in [-0.15, -0.1) is 0 Å². The zero-order valence-electron chi connectivity index (χ0n) is 15.7. The van der Waals surface area contributed by atoms with E-state index in [4.69, 9.17) is 0 Å². The molecule has 1 aromatic carbocycles. The molecule has 3 heterocycles. The smallest absolute Gasteiger partial charge is 0.218 e. The van der Waals surface area contributed by atoms with Crippen LogP contribution in [0.2, 0.25) is 0 Å². The van der Waals surface area contributed by atoms with E-state index in [1.54, 1.807) is 6.33 Å². The third-order valence-electron chi connectivity index (χ3n) is 5.29. The fraction of sp³-hybridized carbons (Fsp3) is 0.474. The normalized spacial score (nSPS) is 18.6. The topological polar surface area (TPSA) is 69.6 Å². The maximum atomic E-state index is 13.0. The molecule has 0 N–H and O–H groups in total. The molecule has 0 radical (unpaired) electrons. The van der Waals surface area contributed by atoms with Gasteiger partial charge < -0.3 is 9.80 Å².